The molecule has 0 spiro atoms. The highest BCUT2D eigenvalue weighted by Gasteiger charge is 2.13. The molecule has 2 unspecified atom stereocenters. The lowest BCUT2D eigenvalue weighted by Gasteiger charge is -2.20. The van der Waals surface area contributed by atoms with Crippen LogP contribution in [0.15, 0.2) is 66.7 Å². The Morgan fingerprint density at radius 3 is 2.45 bits per heavy atom. The molecular formula is C28H35NO4. The van der Waals surface area contributed by atoms with Crippen LogP contribution in [-0.4, -0.2) is 25.6 Å². The Labute approximate surface area is 197 Å². The van der Waals surface area contributed by atoms with E-state index in [0.29, 0.717) is 5.92 Å². The van der Waals surface area contributed by atoms with Crippen LogP contribution < -0.4 is 10.1 Å². The number of amides is 1. The van der Waals surface area contributed by atoms with Gasteiger partial charge in [0.2, 0.25) is 0 Å². The maximum Gasteiger partial charge on any atom is 0.411 e. The summed E-state index contributed by atoms with van der Waals surface area (Å²) in [4.78, 5) is 12.3. The number of unbranched alkanes of at least 4 members (excludes halogenated alkanes) is 1. The fraction of sp³-hybridized carbons (Fsp3) is 0.393. The molecule has 2 atom stereocenters. The van der Waals surface area contributed by atoms with E-state index >= 15 is 0 Å². The van der Waals surface area contributed by atoms with Crippen molar-refractivity contribution in [2.75, 3.05) is 18.5 Å². The summed E-state index contributed by atoms with van der Waals surface area (Å²) in [6, 6.07) is 21.9. The zero-order valence-electron chi connectivity index (χ0n) is 19.9. The molecule has 0 aliphatic heterocycles. The zero-order chi connectivity index (χ0) is 23.5. The van der Waals surface area contributed by atoms with E-state index < -0.39 is 6.09 Å². The maximum absolute atomic E-state index is 12.3. The van der Waals surface area contributed by atoms with Crippen LogP contribution in [0.1, 0.15) is 57.9 Å². The van der Waals surface area contributed by atoms with Gasteiger partial charge in [0.25, 0.3) is 0 Å². The molecule has 3 rings (SSSR count). The quantitative estimate of drug-likeness (QED) is 0.229. The van der Waals surface area contributed by atoms with Gasteiger partial charge in [-0.15, -0.1) is 0 Å². The molecule has 1 amide bonds. The van der Waals surface area contributed by atoms with Gasteiger partial charge in [-0.2, -0.15) is 0 Å². The smallest absolute Gasteiger partial charge is 0.411 e. The van der Waals surface area contributed by atoms with Gasteiger partial charge < -0.3 is 14.2 Å². The van der Waals surface area contributed by atoms with Crippen LogP contribution in [0.5, 0.6) is 5.75 Å². The Morgan fingerprint density at radius 1 is 0.939 bits per heavy atom. The lowest BCUT2D eigenvalue weighted by atomic mass is 9.99. The predicted octanol–water partition coefficient (Wildman–Crippen LogP) is 7.51. The number of rotatable bonds is 12. The Hall–Kier alpha value is -3.05. The molecule has 0 fully saturated rings. The fourth-order valence-corrected chi connectivity index (χ4v) is 3.60. The van der Waals surface area contributed by atoms with Gasteiger partial charge in [0, 0.05) is 11.8 Å². The maximum atomic E-state index is 12.3. The van der Waals surface area contributed by atoms with Crippen LogP contribution in [0.3, 0.4) is 0 Å². The predicted molar refractivity (Wildman–Crippen MR) is 134 cm³/mol. The summed E-state index contributed by atoms with van der Waals surface area (Å²) in [6.07, 6.45) is 3.08. The van der Waals surface area contributed by atoms with Crippen molar-refractivity contribution >= 4 is 22.6 Å². The molecular weight excluding hydrogens is 414 g/mol. The first kappa shape index (κ1) is 24.6. The van der Waals surface area contributed by atoms with Crippen LogP contribution in [0.4, 0.5) is 10.5 Å². The Morgan fingerprint density at radius 2 is 1.70 bits per heavy atom. The number of carbonyl (C=O) groups is 1. The van der Waals surface area contributed by atoms with E-state index in [1.54, 1.807) is 0 Å². The van der Waals surface area contributed by atoms with Crippen LogP contribution in [0, 0.1) is 0 Å². The molecule has 0 saturated heterocycles. The van der Waals surface area contributed by atoms with Gasteiger partial charge in [-0.1, -0.05) is 75.7 Å². The third-order valence-corrected chi connectivity index (χ3v) is 5.77. The van der Waals surface area contributed by atoms with Gasteiger partial charge in [-0.25, -0.2) is 4.79 Å². The molecule has 5 heteroatoms. The summed E-state index contributed by atoms with van der Waals surface area (Å²) in [6.45, 7) is 6.96. The van der Waals surface area contributed by atoms with Gasteiger partial charge in [0.1, 0.15) is 12.4 Å². The second kappa shape index (κ2) is 12.9. The van der Waals surface area contributed by atoms with E-state index in [0.717, 1.165) is 47.9 Å². The van der Waals surface area contributed by atoms with Gasteiger partial charge in [-0.05, 0) is 47.9 Å². The molecule has 0 saturated carbocycles. The first-order chi connectivity index (χ1) is 16.1. The monoisotopic (exact) mass is 449 g/mol. The van der Waals surface area contributed by atoms with Gasteiger partial charge in [-0.3, -0.25) is 5.32 Å². The number of fused-ring (bicyclic) bond motifs is 1. The van der Waals surface area contributed by atoms with Crippen LogP contribution in [-0.2, 0) is 9.47 Å². The van der Waals surface area contributed by atoms with Crippen molar-refractivity contribution in [2.24, 2.45) is 0 Å². The fourth-order valence-electron chi connectivity index (χ4n) is 3.60. The standard InChI is InChI=1S/C28H35NO4/c1-4-6-14-27(33-24-17-15-22(16-18-24)21(3)5-2)31-19-20-32-28(30)29-26-13-9-11-23-10-7-8-12-25(23)26/h7-13,15-18,21,27H,4-6,14,19-20H2,1-3H3,(H,29,30). The number of ether oxygens (including phenoxy) is 3. The molecule has 5 nitrogen and oxygen atoms in total. The van der Waals surface area contributed by atoms with E-state index in [9.17, 15) is 4.79 Å². The Kier molecular flexibility index (Phi) is 9.58. The van der Waals surface area contributed by atoms with Crippen molar-refractivity contribution in [1.82, 2.24) is 0 Å². The van der Waals surface area contributed by atoms with Crippen LogP contribution in [0.25, 0.3) is 10.8 Å². The summed E-state index contributed by atoms with van der Waals surface area (Å²) in [5, 5.41) is 4.85. The summed E-state index contributed by atoms with van der Waals surface area (Å²) in [5.74, 6) is 1.32. The van der Waals surface area contributed by atoms with E-state index in [4.69, 9.17) is 14.2 Å². The van der Waals surface area contributed by atoms with Crippen molar-refractivity contribution in [3.05, 3.63) is 72.3 Å². The number of carbonyl (C=O) groups excluding carboxylic acids is 1. The van der Waals surface area contributed by atoms with Gasteiger partial charge >= 0.3 is 6.09 Å². The molecule has 0 aromatic heterocycles. The molecule has 33 heavy (non-hydrogen) atoms. The highest BCUT2D eigenvalue weighted by Crippen LogP contribution is 2.24. The average Bonchev–Trinajstić information content (AvgIpc) is 2.85. The Bertz CT molecular complexity index is 997. The zero-order valence-corrected chi connectivity index (χ0v) is 19.9. The third kappa shape index (κ3) is 7.50. The molecule has 3 aromatic carbocycles. The highest BCUT2D eigenvalue weighted by atomic mass is 16.7. The molecule has 0 aliphatic rings. The van der Waals surface area contributed by atoms with Gasteiger partial charge in [0.15, 0.2) is 6.29 Å². The number of hydrogen-bond acceptors (Lipinski definition) is 4. The minimum Gasteiger partial charge on any atom is -0.465 e. The molecule has 0 heterocycles. The van der Waals surface area contributed by atoms with E-state index in [1.807, 2.05) is 54.6 Å². The molecule has 3 aromatic rings. The lowest BCUT2D eigenvalue weighted by molar-refractivity contribution is -0.0938. The number of hydrogen-bond donors (Lipinski definition) is 1. The first-order valence-corrected chi connectivity index (χ1v) is 11.9. The summed E-state index contributed by atoms with van der Waals surface area (Å²) >= 11 is 0. The van der Waals surface area contributed by atoms with Gasteiger partial charge in [0.05, 0.1) is 12.3 Å². The van der Waals surface area contributed by atoms with E-state index in [-0.39, 0.29) is 19.5 Å². The average molecular weight is 450 g/mol. The van der Waals surface area contributed by atoms with Crippen molar-refractivity contribution in [3.63, 3.8) is 0 Å². The second-order valence-electron chi connectivity index (χ2n) is 8.23. The Balaban J connectivity index is 1.47. The summed E-state index contributed by atoms with van der Waals surface area (Å²) < 4.78 is 17.3. The molecule has 0 radical (unpaired) electrons. The summed E-state index contributed by atoms with van der Waals surface area (Å²) in [5.41, 5.74) is 2.03. The van der Waals surface area contributed by atoms with Crippen LogP contribution in [0.2, 0.25) is 0 Å². The first-order valence-electron chi connectivity index (χ1n) is 11.9. The van der Waals surface area contributed by atoms with Crippen molar-refractivity contribution < 1.29 is 19.0 Å². The number of anilines is 1. The minimum atomic E-state index is -0.499. The van der Waals surface area contributed by atoms with Crippen molar-refractivity contribution in [3.8, 4) is 5.75 Å². The van der Waals surface area contributed by atoms with E-state index in [1.165, 1.54) is 5.56 Å². The normalized spacial score (nSPS) is 12.8. The van der Waals surface area contributed by atoms with Crippen molar-refractivity contribution in [1.29, 1.82) is 0 Å². The lowest BCUT2D eigenvalue weighted by Crippen LogP contribution is -2.24. The number of nitrogens with one attached hydrogen (secondary N) is 1. The number of benzene rings is 3. The van der Waals surface area contributed by atoms with E-state index in [2.05, 4.69) is 38.2 Å². The topological polar surface area (TPSA) is 56.8 Å². The SMILES string of the molecule is CCCCC(OCCOC(=O)Nc1cccc2ccccc12)Oc1ccc(C(C)CC)cc1. The van der Waals surface area contributed by atoms with Crippen molar-refractivity contribution in [2.45, 2.75) is 58.7 Å². The molecule has 176 valence electrons. The third-order valence-electron chi connectivity index (χ3n) is 5.77. The largest absolute Gasteiger partial charge is 0.465 e. The van der Waals surface area contributed by atoms with Crippen LogP contribution >= 0.6 is 0 Å². The highest BCUT2D eigenvalue weighted by molar-refractivity contribution is 6.00. The molecule has 0 bridgehead atoms. The summed E-state index contributed by atoms with van der Waals surface area (Å²) in [7, 11) is 0. The second-order valence-corrected chi connectivity index (χ2v) is 8.23. The minimum absolute atomic E-state index is 0.148. The molecule has 0 aliphatic carbocycles. The molecule has 1 N–H and O–H groups in total.